The lowest BCUT2D eigenvalue weighted by Crippen LogP contribution is -2.35. The molecule has 1 aliphatic carbocycles. The molecule has 0 heterocycles. The minimum absolute atomic E-state index is 0.0738. The van der Waals surface area contributed by atoms with Crippen molar-refractivity contribution >= 4 is 23.7 Å². The summed E-state index contributed by atoms with van der Waals surface area (Å²) in [6.45, 7) is 3.74. The molecular weight excluding hydrogens is 444 g/mol. The number of ether oxygens (including phenoxy) is 1. The van der Waals surface area contributed by atoms with Gasteiger partial charge in [-0.05, 0) is 53.3 Å². The molecule has 3 aromatic rings. The normalized spacial score (nSPS) is 12.9. The average Bonchev–Trinajstić information content (AvgIpc) is 3.16. The third-order valence-electron chi connectivity index (χ3n) is 6.18. The first kappa shape index (κ1) is 24.0. The van der Waals surface area contributed by atoms with Gasteiger partial charge in [-0.3, -0.25) is 14.9 Å². The lowest BCUT2D eigenvalue weighted by molar-refractivity contribution is -0.137. The number of carboxylic acid groups (broad SMARTS) is 1. The van der Waals surface area contributed by atoms with Gasteiger partial charge in [-0.2, -0.15) is 0 Å². The largest absolute Gasteiger partial charge is 0.481 e. The van der Waals surface area contributed by atoms with Gasteiger partial charge in [-0.1, -0.05) is 61.5 Å². The summed E-state index contributed by atoms with van der Waals surface area (Å²) in [5.41, 5.74) is 5.99. The smallest absolute Gasteiger partial charge is 0.411 e. The number of rotatable bonds is 8. The van der Waals surface area contributed by atoms with E-state index in [1.54, 1.807) is 19.1 Å². The maximum absolute atomic E-state index is 12.9. The van der Waals surface area contributed by atoms with E-state index in [1.807, 2.05) is 49.4 Å². The summed E-state index contributed by atoms with van der Waals surface area (Å²) < 4.78 is 5.61. The van der Waals surface area contributed by atoms with Gasteiger partial charge in [0.1, 0.15) is 6.61 Å². The summed E-state index contributed by atoms with van der Waals surface area (Å²) in [6.07, 6.45) is -0.159. The van der Waals surface area contributed by atoms with E-state index in [-0.39, 0.29) is 24.5 Å². The molecule has 0 fully saturated rings. The fraction of sp³-hybridized carbons (Fsp3) is 0.250. The van der Waals surface area contributed by atoms with Gasteiger partial charge in [-0.15, -0.1) is 0 Å². The fourth-order valence-electron chi connectivity index (χ4n) is 4.47. The molecule has 0 radical (unpaired) electrons. The molecule has 2 amide bonds. The Balaban J connectivity index is 1.48. The third kappa shape index (κ3) is 5.35. The number of benzene rings is 3. The van der Waals surface area contributed by atoms with E-state index in [4.69, 9.17) is 9.84 Å². The monoisotopic (exact) mass is 472 g/mol. The second-order valence-corrected chi connectivity index (χ2v) is 8.66. The van der Waals surface area contributed by atoms with E-state index >= 15 is 0 Å². The van der Waals surface area contributed by atoms with E-state index < -0.39 is 24.0 Å². The van der Waals surface area contributed by atoms with Crippen LogP contribution in [0.15, 0.2) is 66.7 Å². The Bertz CT molecular complexity index is 1220. The number of fused-ring (bicyclic) bond motifs is 3. The Morgan fingerprint density at radius 1 is 0.971 bits per heavy atom. The molecule has 180 valence electrons. The number of hydrogen-bond acceptors (Lipinski definition) is 4. The minimum atomic E-state index is -1.00. The molecule has 7 heteroatoms. The van der Waals surface area contributed by atoms with Gasteiger partial charge in [0.05, 0.1) is 17.7 Å². The molecule has 1 aliphatic rings. The predicted octanol–water partition coefficient (Wildman–Crippen LogP) is 5.20. The second-order valence-electron chi connectivity index (χ2n) is 8.66. The third-order valence-corrected chi connectivity index (χ3v) is 6.18. The van der Waals surface area contributed by atoms with Crippen LogP contribution in [0.25, 0.3) is 11.1 Å². The van der Waals surface area contributed by atoms with Crippen molar-refractivity contribution in [3.63, 3.8) is 0 Å². The Hall–Kier alpha value is -4.13. The number of carbonyl (C=O) groups excluding carboxylic acids is 2. The number of anilines is 1. The van der Waals surface area contributed by atoms with Crippen LogP contribution in [-0.2, 0) is 16.0 Å². The van der Waals surface area contributed by atoms with Gasteiger partial charge in [0.2, 0.25) is 0 Å². The summed E-state index contributed by atoms with van der Waals surface area (Å²) in [6, 6.07) is 20.8. The van der Waals surface area contributed by atoms with E-state index in [1.165, 1.54) is 0 Å². The number of nitrogens with one attached hydrogen (secondary N) is 2. The Kier molecular flexibility index (Phi) is 7.15. The molecule has 0 bridgehead atoms. The number of hydrogen-bond donors (Lipinski definition) is 3. The van der Waals surface area contributed by atoms with E-state index in [0.717, 1.165) is 27.8 Å². The van der Waals surface area contributed by atoms with Crippen LogP contribution in [0.1, 0.15) is 53.2 Å². The minimum Gasteiger partial charge on any atom is -0.481 e. The van der Waals surface area contributed by atoms with Crippen molar-refractivity contribution in [3.05, 3.63) is 89.0 Å². The van der Waals surface area contributed by atoms with Crippen LogP contribution in [0.2, 0.25) is 0 Å². The zero-order valence-corrected chi connectivity index (χ0v) is 19.7. The van der Waals surface area contributed by atoms with Crippen LogP contribution in [-0.4, -0.2) is 35.7 Å². The highest BCUT2D eigenvalue weighted by atomic mass is 16.5. The molecule has 3 aromatic carbocycles. The van der Waals surface area contributed by atoms with Crippen LogP contribution in [0, 0.1) is 0 Å². The predicted molar refractivity (Wildman–Crippen MR) is 134 cm³/mol. The van der Waals surface area contributed by atoms with Gasteiger partial charge in [0, 0.05) is 12.0 Å². The van der Waals surface area contributed by atoms with Crippen LogP contribution < -0.4 is 10.6 Å². The summed E-state index contributed by atoms with van der Waals surface area (Å²) in [5.74, 6) is -1.53. The molecule has 0 saturated heterocycles. The summed E-state index contributed by atoms with van der Waals surface area (Å²) in [5, 5.41) is 14.3. The van der Waals surface area contributed by atoms with Crippen molar-refractivity contribution < 1.29 is 24.2 Å². The van der Waals surface area contributed by atoms with Crippen LogP contribution in [0.3, 0.4) is 0 Å². The fourth-order valence-corrected chi connectivity index (χ4v) is 4.47. The molecule has 7 nitrogen and oxygen atoms in total. The van der Waals surface area contributed by atoms with Crippen LogP contribution >= 0.6 is 0 Å². The SMILES string of the molecule is CCc1ccc(NC(=O)OCC2c3ccccc3-c3ccccc32)c(C(=O)N[C@@H](C)CC(=O)O)c1. The van der Waals surface area contributed by atoms with Crippen molar-refractivity contribution in [2.24, 2.45) is 0 Å². The van der Waals surface area contributed by atoms with Crippen molar-refractivity contribution in [3.8, 4) is 11.1 Å². The van der Waals surface area contributed by atoms with Gasteiger partial charge in [-0.25, -0.2) is 4.79 Å². The lowest BCUT2D eigenvalue weighted by Gasteiger charge is -2.17. The molecule has 0 saturated carbocycles. The molecule has 0 aromatic heterocycles. The Morgan fingerprint density at radius 3 is 2.20 bits per heavy atom. The van der Waals surface area contributed by atoms with Gasteiger partial charge in [0.15, 0.2) is 0 Å². The highest BCUT2D eigenvalue weighted by Crippen LogP contribution is 2.44. The zero-order valence-electron chi connectivity index (χ0n) is 19.7. The maximum atomic E-state index is 12.9. The number of aryl methyl sites for hydroxylation is 1. The van der Waals surface area contributed by atoms with Crippen molar-refractivity contribution in [2.75, 3.05) is 11.9 Å². The number of amides is 2. The standard InChI is InChI=1S/C28H28N2O5/c1-3-18-12-13-25(23(15-18)27(33)29-17(2)14-26(31)32)30-28(34)35-16-24-21-10-6-4-8-19(21)20-9-5-7-11-22(20)24/h4-13,15,17,24H,3,14,16H2,1-2H3,(H,29,33)(H,30,34)(H,31,32)/t17-/m0/s1. The highest BCUT2D eigenvalue weighted by molar-refractivity contribution is 6.03. The summed E-state index contributed by atoms with van der Waals surface area (Å²) in [4.78, 5) is 36.6. The maximum Gasteiger partial charge on any atom is 0.411 e. The quantitative estimate of drug-likeness (QED) is 0.418. The van der Waals surface area contributed by atoms with Crippen molar-refractivity contribution in [2.45, 2.75) is 38.6 Å². The molecule has 0 spiro atoms. The van der Waals surface area contributed by atoms with Gasteiger partial charge < -0.3 is 15.2 Å². The molecular formula is C28H28N2O5. The van der Waals surface area contributed by atoms with E-state index in [2.05, 4.69) is 22.8 Å². The first-order chi connectivity index (χ1) is 16.9. The molecule has 3 N–H and O–H groups in total. The summed E-state index contributed by atoms with van der Waals surface area (Å²) >= 11 is 0. The number of aliphatic carboxylic acids is 1. The van der Waals surface area contributed by atoms with E-state index in [9.17, 15) is 14.4 Å². The molecule has 1 atom stereocenters. The molecule has 0 unspecified atom stereocenters. The number of carboxylic acids is 1. The number of carbonyl (C=O) groups is 3. The van der Waals surface area contributed by atoms with Crippen molar-refractivity contribution in [1.82, 2.24) is 5.32 Å². The highest BCUT2D eigenvalue weighted by Gasteiger charge is 2.29. The average molecular weight is 473 g/mol. The lowest BCUT2D eigenvalue weighted by atomic mass is 9.98. The van der Waals surface area contributed by atoms with Gasteiger partial charge >= 0.3 is 12.1 Å². The van der Waals surface area contributed by atoms with E-state index in [0.29, 0.717) is 12.1 Å². The van der Waals surface area contributed by atoms with Gasteiger partial charge in [0.25, 0.3) is 5.91 Å². The Labute approximate surface area is 204 Å². The van der Waals surface area contributed by atoms with Crippen LogP contribution in [0.5, 0.6) is 0 Å². The zero-order chi connectivity index (χ0) is 24.9. The molecule has 35 heavy (non-hydrogen) atoms. The second kappa shape index (κ2) is 10.4. The summed E-state index contributed by atoms with van der Waals surface area (Å²) in [7, 11) is 0. The molecule has 0 aliphatic heterocycles. The molecule has 4 rings (SSSR count). The van der Waals surface area contributed by atoms with Crippen LogP contribution in [0.4, 0.5) is 10.5 Å². The topological polar surface area (TPSA) is 105 Å². The first-order valence-electron chi connectivity index (χ1n) is 11.6. The Morgan fingerprint density at radius 2 is 1.60 bits per heavy atom. The first-order valence-corrected chi connectivity index (χ1v) is 11.6. The van der Waals surface area contributed by atoms with Crippen molar-refractivity contribution in [1.29, 1.82) is 0 Å².